The third kappa shape index (κ3) is 4.50. The van der Waals surface area contributed by atoms with Gasteiger partial charge in [0, 0.05) is 19.0 Å². The Bertz CT molecular complexity index is 989. The molecule has 2 aromatic heterocycles. The van der Waals surface area contributed by atoms with E-state index in [0.717, 1.165) is 15.1 Å². The molecule has 3 rings (SSSR count). The highest BCUT2D eigenvalue weighted by molar-refractivity contribution is 9.10. The standard InChI is InChI=1S/C16H20BrF4N5O2S/c1-29(27,28)25-5-3-11(10(20)8-25)23-16-22-7-12-14(21)13(17)15(26(12)24-16)9(6-19)2-4-18/h7,9-11H,2-6,8H2,1H3,(H,23,24)/t9?,10-,11-/m1/s1. The van der Waals surface area contributed by atoms with Crippen molar-refractivity contribution < 1.29 is 26.0 Å². The first-order chi connectivity index (χ1) is 13.7. The third-order valence-corrected chi connectivity index (χ3v) is 6.94. The number of halogens is 5. The van der Waals surface area contributed by atoms with Gasteiger partial charge in [-0.25, -0.2) is 26.7 Å². The normalized spacial score (nSPS) is 22.1. The summed E-state index contributed by atoms with van der Waals surface area (Å²) in [5.41, 5.74) is 0.102. The minimum absolute atomic E-state index is 0.0233. The second-order valence-corrected chi connectivity index (χ2v) is 9.67. The predicted octanol–water partition coefficient (Wildman–Crippen LogP) is 2.83. The number of hydrogen-bond acceptors (Lipinski definition) is 5. The highest BCUT2D eigenvalue weighted by atomic mass is 79.9. The molecular formula is C16H20BrF4N5O2S. The summed E-state index contributed by atoms with van der Waals surface area (Å²) in [5, 5.41) is 6.94. The molecule has 1 fully saturated rings. The number of anilines is 1. The number of sulfonamides is 1. The minimum Gasteiger partial charge on any atom is -0.347 e. The Morgan fingerprint density at radius 1 is 1.41 bits per heavy atom. The first kappa shape index (κ1) is 22.2. The molecule has 0 bridgehead atoms. The molecule has 3 heterocycles. The Balaban J connectivity index is 1.88. The smallest absolute Gasteiger partial charge is 0.241 e. The maximum Gasteiger partial charge on any atom is 0.241 e. The van der Waals surface area contributed by atoms with Gasteiger partial charge >= 0.3 is 0 Å². The van der Waals surface area contributed by atoms with Crippen molar-refractivity contribution in [1.82, 2.24) is 18.9 Å². The second-order valence-electron chi connectivity index (χ2n) is 6.90. The average Bonchev–Trinajstić information content (AvgIpc) is 2.91. The molecule has 0 spiro atoms. The molecule has 0 saturated carbocycles. The largest absolute Gasteiger partial charge is 0.347 e. The lowest BCUT2D eigenvalue weighted by atomic mass is 10.0. The highest BCUT2D eigenvalue weighted by Gasteiger charge is 2.34. The van der Waals surface area contributed by atoms with Crippen molar-refractivity contribution in [1.29, 1.82) is 0 Å². The molecule has 1 saturated heterocycles. The summed E-state index contributed by atoms with van der Waals surface area (Å²) in [6.45, 7) is -1.85. The van der Waals surface area contributed by atoms with E-state index in [9.17, 15) is 26.0 Å². The molecule has 0 amide bonds. The van der Waals surface area contributed by atoms with Gasteiger partial charge in [0.15, 0.2) is 5.82 Å². The first-order valence-electron chi connectivity index (χ1n) is 8.87. The topological polar surface area (TPSA) is 79.6 Å². The summed E-state index contributed by atoms with van der Waals surface area (Å²) in [7, 11) is -3.49. The van der Waals surface area contributed by atoms with Crippen molar-refractivity contribution in [3.05, 3.63) is 22.2 Å². The van der Waals surface area contributed by atoms with Gasteiger partial charge in [-0.3, -0.25) is 8.78 Å². The van der Waals surface area contributed by atoms with E-state index in [1.165, 1.54) is 6.20 Å². The molecule has 1 aliphatic heterocycles. The highest BCUT2D eigenvalue weighted by Crippen LogP contribution is 2.34. The van der Waals surface area contributed by atoms with E-state index >= 15 is 0 Å². The van der Waals surface area contributed by atoms with Gasteiger partial charge in [-0.05, 0) is 28.8 Å². The van der Waals surface area contributed by atoms with Gasteiger partial charge < -0.3 is 5.32 Å². The first-order valence-corrected chi connectivity index (χ1v) is 11.5. The number of nitrogens with one attached hydrogen (secondary N) is 1. The Labute approximate surface area is 173 Å². The minimum atomic E-state index is -3.49. The summed E-state index contributed by atoms with van der Waals surface area (Å²) < 4.78 is 80.4. The van der Waals surface area contributed by atoms with Gasteiger partial charge in [-0.2, -0.15) is 4.31 Å². The number of piperidine rings is 1. The zero-order chi connectivity index (χ0) is 21.3. The van der Waals surface area contributed by atoms with Crippen LogP contribution < -0.4 is 5.32 Å². The van der Waals surface area contributed by atoms with Crippen molar-refractivity contribution >= 4 is 37.4 Å². The van der Waals surface area contributed by atoms with Crippen molar-refractivity contribution in [2.45, 2.75) is 31.0 Å². The molecule has 0 aliphatic carbocycles. The van der Waals surface area contributed by atoms with E-state index in [0.29, 0.717) is 0 Å². The number of aromatic nitrogens is 3. The molecule has 2 aromatic rings. The van der Waals surface area contributed by atoms with E-state index in [1.807, 2.05) is 0 Å². The van der Waals surface area contributed by atoms with Crippen LogP contribution in [0, 0.1) is 5.82 Å². The molecule has 1 unspecified atom stereocenters. The molecule has 7 nitrogen and oxygen atoms in total. The molecule has 3 atom stereocenters. The molecule has 29 heavy (non-hydrogen) atoms. The SMILES string of the molecule is CS(=O)(=O)N1CC[C@@H](Nc2ncc3c(F)c(Br)c(C(CF)CCF)n3n2)[C@H](F)C1. The van der Waals surface area contributed by atoms with Crippen LogP contribution in [0.15, 0.2) is 10.7 Å². The van der Waals surface area contributed by atoms with E-state index in [-0.39, 0.29) is 47.6 Å². The zero-order valence-electron chi connectivity index (χ0n) is 15.5. The molecule has 0 radical (unpaired) electrons. The van der Waals surface area contributed by atoms with Crippen LogP contribution in [0.2, 0.25) is 0 Å². The van der Waals surface area contributed by atoms with Crippen LogP contribution in [-0.2, 0) is 10.0 Å². The maximum absolute atomic E-state index is 14.5. The Morgan fingerprint density at radius 3 is 2.72 bits per heavy atom. The third-order valence-electron chi connectivity index (χ3n) is 4.92. The van der Waals surface area contributed by atoms with Crippen molar-refractivity contribution in [3.8, 4) is 0 Å². The number of alkyl halides is 3. The van der Waals surface area contributed by atoms with Gasteiger partial charge in [0.05, 0.1) is 42.0 Å². The lowest BCUT2D eigenvalue weighted by molar-refractivity contribution is 0.186. The summed E-state index contributed by atoms with van der Waals surface area (Å²) in [6, 6.07) is -0.749. The van der Waals surface area contributed by atoms with Crippen molar-refractivity contribution in [2.24, 2.45) is 0 Å². The summed E-state index contributed by atoms with van der Waals surface area (Å²) in [5.74, 6) is -1.64. The average molecular weight is 502 g/mol. The van der Waals surface area contributed by atoms with Crippen LogP contribution in [0.1, 0.15) is 24.5 Å². The Hall–Kier alpha value is -1.47. The molecule has 1 N–H and O–H groups in total. The van der Waals surface area contributed by atoms with Gasteiger partial charge in [0.25, 0.3) is 0 Å². The van der Waals surface area contributed by atoms with Crippen LogP contribution in [-0.4, -0.2) is 72.2 Å². The molecule has 0 aromatic carbocycles. The van der Waals surface area contributed by atoms with E-state index in [1.54, 1.807) is 0 Å². The number of nitrogens with zero attached hydrogens (tertiary/aromatic N) is 4. The van der Waals surface area contributed by atoms with Crippen LogP contribution in [0.5, 0.6) is 0 Å². The summed E-state index contributed by atoms with van der Waals surface area (Å²) >= 11 is 3.07. The lowest BCUT2D eigenvalue weighted by Crippen LogP contribution is -2.49. The Morgan fingerprint density at radius 2 is 2.14 bits per heavy atom. The molecule has 162 valence electrons. The quantitative estimate of drug-likeness (QED) is 0.590. The van der Waals surface area contributed by atoms with Crippen LogP contribution in [0.3, 0.4) is 0 Å². The second kappa shape index (κ2) is 8.72. The van der Waals surface area contributed by atoms with Crippen molar-refractivity contribution in [3.63, 3.8) is 0 Å². The zero-order valence-corrected chi connectivity index (χ0v) is 17.9. The van der Waals surface area contributed by atoms with Gasteiger partial charge in [-0.15, -0.1) is 5.10 Å². The molecular weight excluding hydrogens is 482 g/mol. The molecule has 13 heteroatoms. The van der Waals surface area contributed by atoms with E-state index in [2.05, 4.69) is 31.3 Å². The fourth-order valence-corrected chi connectivity index (χ4v) is 4.89. The monoisotopic (exact) mass is 501 g/mol. The number of hydrogen-bond donors (Lipinski definition) is 1. The summed E-state index contributed by atoms with van der Waals surface area (Å²) in [6.07, 6.45) is 0.715. The van der Waals surface area contributed by atoms with E-state index < -0.39 is 47.3 Å². The van der Waals surface area contributed by atoms with Gasteiger partial charge in [-0.1, -0.05) is 0 Å². The predicted molar refractivity (Wildman–Crippen MR) is 103 cm³/mol. The molecule has 1 aliphatic rings. The number of rotatable bonds is 7. The van der Waals surface area contributed by atoms with Crippen molar-refractivity contribution in [2.75, 3.05) is 38.0 Å². The van der Waals surface area contributed by atoms with Gasteiger partial charge in [0.2, 0.25) is 16.0 Å². The maximum atomic E-state index is 14.5. The lowest BCUT2D eigenvalue weighted by Gasteiger charge is -2.33. The van der Waals surface area contributed by atoms with Gasteiger partial charge in [0.1, 0.15) is 11.7 Å². The number of fused-ring (bicyclic) bond motifs is 1. The Kier molecular flexibility index (Phi) is 6.68. The van der Waals surface area contributed by atoms with Crippen LogP contribution in [0.25, 0.3) is 5.52 Å². The van der Waals surface area contributed by atoms with Crippen LogP contribution in [0.4, 0.5) is 23.5 Å². The fraction of sp³-hybridized carbons (Fsp3) is 0.625. The summed E-state index contributed by atoms with van der Waals surface area (Å²) in [4.78, 5) is 3.98. The van der Waals surface area contributed by atoms with E-state index in [4.69, 9.17) is 0 Å². The van der Waals surface area contributed by atoms with Crippen LogP contribution >= 0.6 is 15.9 Å². The fourth-order valence-electron chi connectivity index (χ4n) is 3.35.